The van der Waals surface area contributed by atoms with Crippen LogP contribution in [-0.2, 0) is 10.2 Å². The van der Waals surface area contributed by atoms with E-state index in [1.165, 1.54) is 4.90 Å². The molecule has 35 heavy (non-hydrogen) atoms. The summed E-state index contributed by atoms with van der Waals surface area (Å²) < 4.78 is 2.46. The lowest BCUT2D eigenvalue weighted by Crippen LogP contribution is -2.41. The Bertz CT molecular complexity index is 1220. The monoisotopic (exact) mass is 579 g/mol. The molecule has 1 aromatic heterocycles. The van der Waals surface area contributed by atoms with Crippen LogP contribution in [0.4, 0.5) is 16.3 Å². The zero-order valence-electron chi connectivity index (χ0n) is 20.0. The zero-order chi connectivity index (χ0) is 25.8. The topological polar surface area (TPSA) is 79.3 Å². The summed E-state index contributed by atoms with van der Waals surface area (Å²) in [6.07, 6.45) is 0.703. The Balaban J connectivity index is 1.82. The van der Waals surface area contributed by atoms with E-state index >= 15 is 0 Å². The second kappa shape index (κ2) is 11.5. The fourth-order valence-corrected chi connectivity index (χ4v) is 3.99. The number of carbonyl (C=O) groups excluding carboxylic acids is 2. The van der Waals surface area contributed by atoms with Gasteiger partial charge in [0.2, 0.25) is 5.91 Å². The largest absolute Gasteiger partial charge is 0.322 e. The van der Waals surface area contributed by atoms with Crippen molar-refractivity contribution in [3.05, 3.63) is 68.7 Å². The van der Waals surface area contributed by atoms with Crippen molar-refractivity contribution in [1.29, 1.82) is 0 Å². The van der Waals surface area contributed by atoms with Crippen LogP contribution in [0.15, 0.2) is 53.0 Å². The lowest BCUT2D eigenvalue weighted by Gasteiger charge is -2.22. The van der Waals surface area contributed by atoms with Gasteiger partial charge in [-0.1, -0.05) is 72.9 Å². The number of aromatic nitrogens is 2. The molecule has 0 saturated carbocycles. The van der Waals surface area contributed by atoms with Gasteiger partial charge in [-0.15, -0.1) is 0 Å². The van der Waals surface area contributed by atoms with Gasteiger partial charge in [0.1, 0.15) is 12.4 Å². The van der Waals surface area contributed by atoms with Crippen LogP contribution in [0.2, 0.25) is 10.0 Å². The Kier molecular flexibility index (Phi) is 8.85. The number of carbonyl (C=O) groups is 2. The maximum Gasteiger partial charge on any atom is 0.322 e. The first-order chi connectivity index (χ1) is 16.5. The molecule has 7 nitrogen and oxygen atoms in total. The molecular formula is C25H28BrCl2N5O2. The van der Waals surface area contributed by atoms with Gasteiger partial charge >= 0.3 is 6.03 Å². The Labute approximate surface area is 223 Å². The molecule has 2 N–H and O–H groups in total. The van der Waals surface area contributed by atoms with Crippen LogP contribution in [0.25, 0.3) is 5.69 Å². The fourth-order valence-electron chi connectivity index (χ4n) is 3.30. The molecule has 10 heteroatoms. The van der Waals surface area contributed by atoms with Gasteiger partial charge in [-0.2, -0.15) is 5.10 Å². The molecule has 0 saturated heterocycles. The van der Waals surface area contributed by atoms with Crippen molar-refractivity contribution in [2.45, 2.75) is 39.5 Å². The highest BCUT2D eigenvalue weighted by Gasteiger charge is 2.23. The number of benzene rings is 2. The van der Waals surface area contributed by atoms with Crippen molar-refractivity contribution in [1.82, 2.24) is 14.7 Å². The van der Waals surface area contributed by atoms with Crippen LogP contribution in [0.1, 0.15) is 39.8 Å². The van der Waals surface area contributed by atoms with Crippen LogP contribution < -0.4 is 10.6 Å². The van der Waals surface area contributed by atoms with Crippen LogP contribution >= 0.6 is 39.1 Å². The maximum atomic E-state index is 13.0. The van der Waals surface area contributed by atoms with E-state index in [2.05, 4.69) is 26.6 Å². The summed E-state index contributed by atoms with van der Waals surface area (Å²) in [5, 5.41) is 11.3. The molecule has 0 radical (unpaired) electrons. The molecule has 0 fully saturated rings. The van der Waals surface area contributed by atoms with Crippen molar-refractivity contribution in [3.63, 3.8) is 0 Å². The highest BCUT2D eigenvalue weighted by molar-refractivity contribution is 9.10. The predicted molar refractivity (Wildman–Crippen MR) is 146 cm³/mol. The van der Waals surface area contributed by atoms with E-state index in [9.17, 15) is 9.59 Å². The zero-order valence-corrected chi connectivity index (χ0v) is 23.1. The molecular weight excluding hydrogens is 553 g/mol. The van der Waals surface area contributed by atoms with Crippen LogP contribution in [0, 0.1) is 0 Å². The van der Waals surface area contributed by atoms with Gasteiger partial charge in [-0.05, 0) is 42.8 Å². The van der Waals surface area contributed by atoms with E-state index in [4.69, 9.17) is 28.3 Å². The summed E-state index contributed by atoms with van der Waals surface area (Å²) in [7, 11) is 0. The van der Waals surface area contributed by atoms with Crippen LogP contribution in [0.5, 0.6) is 0 Å². The molecule has 3 rings (SSSR count). The molecule has 0 aliphatic rings. The van der Waals surface area contributed by atoms with Gasteiger partial charge in [0.05, 0.1) is 21.4 Å². The Morgan fingerprint density at radius 3 is 2.43 bits per heavy atom. The van der Waals surface area contributed by atoms with Gasteiger partial charge in [0.25, 0.3) is 0 Å². The summed E-state index contributed by atoms with van der Waals surface area (Å²) in [5.74, 6) is 0.131. The summed E-state index contributed by atoms with van der Waals surface area (Å²) in [4.78, 5) is 27.4. The molecule has 0 unspecified atom stereocenters. The number of urea groups is 1. The smallest absolute Gasteiger partial charge is 0.315 e. The third kappa shape index (κ3) is 7.22. The number of nitrogens with one attached hydrogen (secondary N) is 2. The molecule has 3 aromatic rings. The van der Waals surface area contributed by atoms with Crippen LogP contribution in [0.3, 0.4) is 0 Å². The maximum absolute atomic E-state index is 13.0. The average Bonchev–Trinajstić information content (AvgIpc) is 3.19. The molecule has 186 valence electrons. The molecule has 3 amide bonds. The summed E-state index contributed by atoms with van der Waals surface area (Å²) >= 11 is 15.7. The number of amides is 3. The molecule has 1 heterocycles. The number of anilines is 2. The molecule has 0 atom stereocenters. The normalized spacial score (nSPS) is 11.3. The lowest BCUT2D eigenvalue weighted by atomic mass is 9.92. The minimum absolute atomic E-state index is 0.120. The van der Waals surface area contributed by atoms with Gasteiger partial charge in [0, 0.05) is 28.2 Å². The SMILES string of the molecule is CCCN(CC(=O)Nc1cc(C(C)(C)C)nn1-c1ccc(Cl)c(Cl)c1)C(=O)Nc1cccc(Br)c1. The van der Waals surface area contributed by atoms with Crippen molar-refractivity contribution in [3.8, 4) is 5.69 Å². The van der Waals surface area contributed by atoms with Gasteiger partial charge in [-0.3, -0.25) is 4.79 Å². The van der Waals surface area contributed by atoms with E-state index < -0.39 is 0 Å². The van der Waals surface area contributed by atoms with Gasteiger partial charge in [0.15, 0.2) is 0 Å². The third-order valence-corrected chi connectivity index (χ3v) is 6.32. The first-order valence-electron chi connectivity index (χ1n) is 11.1. The second-order valence-corrected chi connectivity index (χ2v) is 10.8. The third-order valence-electron chi connectivity index (χ3n) is 5.08. The minimum atomic E-state index is -0.353. The number of hydrogen-bond donors (Lipinski definition) is 2. The number of hydrogen-bond acceptors (Lipinski definition) is 3. The fraction of sp³-hybridized carbons (Fsp3) is 0.320. The molecule has 2 aromatic carbocycles. The Morgan fingerprint density at radius 2 is 1.80 bits per heavy atom. The van der Waals surface area contributed by atoms with E-state index in [-0.39, 0.29) is 23.9 Å². The Morgan fingerprint density at radius 1 is 1.06 bits per heavy atom. The molecule has 0 aliphatic carbocycles. The van der Waals surface area contributed by atoms with Gasteiger partial charge < -0.3 is 15.5 Å². The first-order valence-corrected chi connectivity index (χ1v) is 12.7. The second-order valence-electron chi connectivity index (χ2n) is 9.09. The lowest BCUT2D eigenvalue weighted by molar-refractivity contribution is -0.116. The van der Waals surface area contributed by atoms with Crippen molar-refractivity contribution in [2.24, 2.45) is 0 Å². The van der Waals surface area contributed by atoms with Crippen molar-refractivity contribution < 1.29 is 9.59 Å². The number of rotatable bonds is 7. The number of halogens is 3. The Hall–Kier alpha value is -2.55. The highest BCUT2D eigenvalue weighted by atomic mass is 79.9. The van der Waals surface area contributed by atoms with E-state index in [1.54, 1.807) is 35.0 Å². The van der Waals surface area contributed by atoms with E-state index in [1.807, 2.05) is 45.9 Å². The molecule has 0 bridgehead atoms. The molecule has 0 aliphatic heterocycles. The quantitative estimate of drug-likeness (QED) is 0.312. The van der Waals surface area contributed by atoms with E-state index in [0.29, 0.717) is 40.2 Å². The summed E-state index contributed by atoms with van der Waals surface area (Å²) in [5.41, 5.74) is 1.83. The average molecular weight is 581 g/mol. The van der Waals surface area contributed by atoms with Crippen molar-refractivity contribution in [2.75, 3.05) is 23.7 Å². The van der Waals surface area contributed by atoms with Gasteiger partial charge in [-0.25, -0.2) is 9.48 Å². The standard InChI is InChI=1S/C25H28BrCl2N5O2/c1-5-11-32(24(35)29-17-8-6-7-16(26)12-17)15-23(34)30-22-14-21(25(2,3)4)31-33(22)18-9-10-19(27)20(28)13-18/h6-10,12-14H,5,11,15H2,1-4H3,(H,29,35)(H,30,34). The summed E-state index contributed by atoms with van der Waals surface area (Å²) in [6.45, 7) is 8.37. The number of nitrogens with zero attached hydrogens (tertiary/aromatic N) is 3. The minimum Gasteiger partial charge on any atom is -0.315 e. The summed E-state index contributed by atoms with van der Waals surface area (Å²) in [6, 6.07) is 13.9. The van der Waals surface area contributed by atoms with Crippen molar-refractivity contribution >= 4 is 62.6 Å². The first kappa shape index (κ1) is 27.0. The van der Waals surface area contributed by atoms with Crippen LogP contribution in [-0.4, -0.2) is 39.7 Å². The van der Waals surface area contributed by atoms with E-state index in [0.717, 1.165) is 10.2 Å². The molecule has 0 spiro atoms. The highest BCUT2D eigenvalue weighted by Crippen LogP contribution is 2.29. The predicted octanol–water partition coefficient (Wildman–Crippen LogP) is 7.12.